The van der Waals surface area contributed by atoms with Crippen LogP contribution in [0.3, 0.4) is 0 Å². The molecule has 0 aliphatic carbocycles. The molecular weight excluding hydrogens is 547 g/mol. The lowest BCUT2D eigenvalue weighted by Crippen LogP contribution is -2.32. The highest BCUT2D eigenvalue weighted by Crippen LogP contribution is 2.38. The number of imidazole rings is 1. The van der Waals surface area contributed by atoms with Gasteiger partial charge in [0.1, 0.15) is 0 Å². The van der Waals surface area contributed by atoms with Crippen LogP contribution in [0.5, 0.6) is 5.88 Å². The van der Waals surface area contributed by atoms with Gasteiger partial charge in [-0.05, 0) is 43.2 Å². The molecule has 41 heavy (non-hydrogen) atoms. The van der Waals surface area contributed by atoms with Gasteiger partial charge in [-0.15, -0.1) is 0 Å². The predicted octanol–water partition coefficient (Wildman–Crippen LogP) is 5.30. The van der Waals surface area contributed by atoms with Gasteiger partial charge in [-0.2, -0.15) is 0 Å². The number of ether oxygens (including phenoxy) is 1. The summed E-state index contributed by atoms with van der Waals surface area (Å²) in [6.07, 6.45) is 3.57. The van der Waals surface area contributed by atoms with E-state index < -0.39 is 0 Å². The van der Waals surface area contributed by atoms with Crippen molar-refractivity contribution < 1.29 is 18.7 Å². The van der Waals surface area contributed by atoms with Gasteiger partial charge in [0.2, 0.25) is 5.88 Å². The number of hydrogen-bond donors (Lipinski definition) is 1. The van der Waals surface area contributed by atoms with Gasteiger partial charge in [-0.25, -0.2) is 9.97 Å². The normalized spacial score (nSPS) is 13.1. The van der Waals surface area contributed by atoms with Gasteiger partial charge in [0.25, 0.3) is 5.91 Å². The third-order valence-electron chi connectivity index (χ3n) is 7.36. The van der Waals surface area contributed by atoms with Crippen LogP contribution < -0.4 is 10.1 Å². The molecule has 1 aromatic carbocycles. The van der Waals surface area contributed by atoms with Crippen LogP contribution in [0, 0.1) is 6.92 Å². The first-order chi connectivity index (χ1) is 19.9. The quantitative estimate of drug-likeness (QED) is 0.270. The number of nitrogens with zero attached hydrogens (tertiary/aromatic N) is 5. The first-order valence-corrected chi connectivity index (χ1v) is 13.6. The average Bonchev–Trinajstić information content (AvgIpc) is 3.32. The molecule has 0 unspecified atom stereocenters. The maximum Gasteiger partial charge on any atom is 0.291 e. The Balaban J connectivity index is 1.42. The van der Waals surface area contributed by atoms with Gasteiger partial charge in [-0.1, -0.05) is 23.7 Å². The number of rotatable bonds is 9. The fourth-order valence-corrected chi connectivity index (χ4v) is 5.46. The van der Waals surface area contributed by atoms with E-state index in [1.165, 1.54) is 7.11 Å². The standard InChI is InChI=1S/C30H30ClFN6O3/c1-18-20(27-26(31)21(10-13-33-27)23-9-8-19(17-39)30(36-23)41-3)6-4-7-22(18)35-29(40)28-34-24-16-38(14-5-12-32)15-11-25(24)37(28)2/h4,6-10,13,17H,5,11-12,14-16H2,1-3H3,(H,35,40). The van der Waals surface area contributed by atoms with Crippen molar-refractivity contribution in [3.05, 3.63) is 76.0 Å². The second kappa shape index (κ2) is 12.2. The lowest BCUT2D eigenvalue weighted by molar-refractivity contribution is 0.101. The van der Waals surface area contributed by atoms with Crippen molar-refractivity contribution in [2.45, 2.75) is 26.3 Å². The zero-order chi connectivity index (χ0) is 29.1. The fraction of sp³-hybridized carbons (Fsp3) is 0.300. The number of hydrogen-bond acceptors (Lipinski definition) is 7. The Hall–Kier alpha value is -4.15. The molecule has 0 fully saturated rings. The summed E-state index contributed by atoms with van der Waals surface area (Å²) in [6.45, 7) is 3.63. The Morgan fingerprint density at radius 2 is 2.02 bits per heavy atom. The summed E-state index contributed by atoms with van der Waals surface area (Å²) in [4.78, 5) is 40.5. The van der Waals surface area contributed by atoms with Crippen molar-refractivity contribution in [3.63, 3.8) is 0 Å². The molecule has 0 saturated carbocycles. The summed E-state index contributed by atoms with van der Waals surface area (Å²) in [5.41, 5.74) is 6.03. The molecule has 1 aliphatic heterocycles. The van der Waals surface area contributed by atoms with E-state index >= 15 is 0 Å². The average molecular weight is 577 g/mol. The lowest BCUT2D eigenvalue weighted by Gasteiger charge is -2.26. The molecular formula is C30H30ClFN6O3. The van der Waals surface area contributed by atoms with Crippen LogP contribution in [0.4, 0.5) is 10.1 Å². The van der Waals surface area contributed by atoms with Crippen LogP contribution in [0.15, 0.2) is 42.6 Å². The molecule has 0 spiro atoms. The van der Waals surface area contributed by atoms with Crippen molar-refractivity contribution >= 4 is 29.5 Å². The Bertz CT molecular complexity index is 1620. The fourth-order valence-electron chi connectivity index (χ4n) is 5.15. The van der Waals surface area contributed by atoms with E-state index in [-0.39, 0.29) is 18.5 Å². The van der Waals surface area contributed by atoms with E-state index in [0.717, 1.165) is 35.5 Å². The monoisotopic (exact) mass is 576 g/mol. The molecule has 5 rings (SSSR count). The number of aromatic nitrogens is 4. The minimum absolute atomic E-state index is 0.205. The number of fused-ring (bicyclic) bond motifs is 1. The van der Waals surface area contributed by atoms with Crippen molar-refractivity contribution in [1.29, 1.82) is 0 Å². The maximum atomic E-state index is 13.4. The van der Waals surface area contributed by atoms with Crippen LogP contribution >= 0.6 is 11.6 Å². The van der Waals surface area contributed by atoms with Gasteiger partial charge in [-0.3, -0.25) is 23.9 Å². The van der Waals surface area contributed by atoms with Crippen LogP contribution in [0.1, 0.15) is 44.3 Å². The van der Waals surface area contributed by atoms with Gasteiger partial charge in [0, 0.05) is 61.8 Å². The van der Waals surface area contributed by atoms with Crippen molar-refractivity contribution in [2.75, 3.05) is 32.2 Å². The smallest absolute Gasteiger partial charge is 0.291 e. The highest BCUT2D eigenvalue weighted by molar-refractivity contribution is 6.35. The number of pyridine rings is 2. The molecule has 11 heteroatoms. The Labute approximate surface area is 242 Å². The summed E-state index contributed by atoms with van der Waals surface area (Å²) < 4.78 is 19.7. The summed E-state index contributed by atoms with van der Waals surface area (Å²) in [5.74, 6) is 0.206. The number of nitrogens with one attached hydrogen (secondary N) is 1. The van der Waals surface area contributed by atoms with Gasteiger partial charge in [0.05, 0.1) is 41.5 Å². The minimum atomic E-state index is -0.344. The van der Waals surface area contributed by atoms with Gasteiger partial charge in [0.15, 0.2) is 12.1 Å². The summed E-state index contributed by atoms with van der Waals surface area (Å²) in [6, 6.07) is 10.6. The molecule has 4 heterocycles. The Kier molecular flexibility index (Phi) is 8.41. The molecule has 1 N–H and O–H groups in total. The zero-order valence-corrected chi connectivity index (χ0v) is 23.8. The number of carbonyl (C=O) groups excluding carboxylic acids is 2. The number of aldehydes is 1. The number of benzene rings is 1. The number of anilines is 1. The number of amides is 1. The van der Waals surface area contributed by atoms with Gasteiger partial charge < -0.3 is 14.6 Å². The Morgan fingerprint density at radius 1 is 1.20 bits per heavy atom. The predicted molar refractivity (Wildman–Crippen MR) is 155 cm³/mol. The highest BCUT2D eigenvalue weighted by Gasteiger charge is 2.26. The van der Waals surface area contributed by atoms with Crippen LogP contribution in [-0.2, 0) is 20.0 Å². The highest BCUT2D eigenvalue weighted by atomic mass is 35.5. The SMILES string of the molecule is COc1nc(-c2ccnc(-c3cccc(NC(=O)c4nc5c(n4C)CCN(CCCF)C5)c3C)c2Cl)ccc1C=O. The second-order valence-electron chi connectivity index (χ2n) is 9.82. The number of methoxy groups -OCH3 is 1. The third kappa shape index (κ3) is 5.57. The van der Waals surface area contributed by atoms with Crippen molar-refractivity contribution in [2.24, 2.45) is 7.05 Å². The van der Waals surface area contributed by atoms with E-state index in [9.17, 15) is 14.0 Å². The molecule has 0 bridgehead atoms. The van der Waals surface area contributed by atoms with E-state index in [1.54, 1.807) is 24.4 Å². The first kappa shape index (κ1) is 28.4. The summed E-state index contributed by atoms with van der Waals surface area (Å²) >= 11 is 6.86. The molecule has 9 nitrogen and oxygen atoms in total. The summed E-state index contributed by atoms with van der Waals surface area (Å²) in [7, 11) is 3.30. The summed E-state index contributed by atoms with van der Waals surface area (Å²) in [5, 5.41) is 3.38. The van der Waals surface area contributed by atoms with Crippen LogP contribution in [0.2, 0.25) is 5.02 Å². The van der Waals surface area contributed by atoms with Gasteiger partial charge >= 0.3 is 0 Å². The zero-order valence-electron chi connectivity index (χ0n) is 23.1. The molecule has 212 valence electrons. The number of carbonyl (C=O) groups is 2. The van der Waals surface area contributed by atoms with Crippen molar-refractivity contribution in [3.8, 4) is 28.4 Å². The van der Waals surface area contributed by atoms with E-state index in [1.807, 2.05) is 36.7 Å². The first-order valence-electron chi connectivity index (χ1n) is 13.3. The second-order valence-corrected chi connectivity index (χ2v) is 10.2. The molecule has 1 aliphatic rings. The van der Waals surface area contributed by atoms with Crippen LogP contribution in [-0.4, -0.2) is 63.5 Å². The third-order valence-corrected chi connectivity index (χ3v) is 7.74. The number of halogens is 2. The lowest BCUT2D eigenvalue weighted by atomic mass is 10.0. The minimum Gasteiger partial charge on any atom is -0.480 e. The molecule has 4 aromatic rings. The molecule has 1 amide bonds. The topological polar surface area (TPSA) is 102 Å². The molecule has 0 atom stereocenters. The molecule has 3 aromatic heterocycles. The maximum absolute atomic E-state index is 13.4. The molecule has 0 radical (unpaired) electrons. The van der Waals surface area contributed by atoms with E-state index in [2.05, 4.69) is 25.2 Å². The van der Waals surface area contributed by atoms with Crippen molar-refractivity contribution in [1.82, 2.24) is 24.4 Å². The largest absolute Gasteiger partial charge is 0.480 e. The molecule has 0 saturated heterocycles. The van der Waals surface area contributed by atoms with E-state index in [4.69, 9.17) is 16.3 Å². The number of alkyl halides is 1. The van der Waals surface area contributed by atoms with Crippen LogP contribution in [0.25, 0.3) is 22.5 Å². The Morgan fingerprint density at radius 3 is 2.78 bits per heavy atom. The van der Waals surface area contributed by atoms with E-state index in [0.29, 0.717) is 64.8 Å².